The number of nitrogens with two attached hydrogens (primary N) is 1. The van der Waals surface area contributed by atoms with Crippen LogP contribution in [-0.2, 0) is 11.3 Å². The van der Waals surface area contributed by atoms with Crippen LogP contribution >= 0.6 is 0 Å². The zero-order valence-corrected chi connectivity index (χ0v) is 12.1. The Balaban J connectivity index is 2.19. The number of ether oxygens (including phenoxy) is 1. The molecule has 1 aromatic rings. The van der Waals surface area contributed by atoms with E-state index >= 15 is 0 Å². The van der Waals surface area contributed by atoms with E-state index in [4.69, 9.17) is 10.5 Å². The Kier molecular flexibility index (Phi) is 5.55. The molecule has 0 amide bonds. The van der Waals surface area contributed by atoms with Crippen LogP contribution in [0.3, 0.4) is 0 Å². The Hall–Kier alpha value is -1.40. The molecular formula is C14H24N4O2. The maximum Gasteiger partial charge on any atom is 0.158 e. The summed E-state index contributed by atoms with van der Waals surface area (Å²) in [5.41, 5.74) is 5.87. The lowest BCUT2D eigenvalue weighted by molar-refractivity contribution is 0.128. The van der Waals surface area contributed by atoms with Crippen molar-refractivity contribution in [2.75, 3.05) is 30.4 Å². The molecule has 6 heteroatoms. The summed E-state index contributed by atoms with van der Waals surface area (Å²) in [7, 11) is 0. The standard InChI is InChI=1S/C14H24N4O2/c1-2-20-10-13-16-12(15)9-14(17-13)18(7-8-19)11-5-3-4-6-11/h9,11,19H,2-8,10H2,1H3,(H2,15,16,17). The Bertz CT molecular complexity index is 422. The molecule has 1 aliphatic rings. The van der Waals surface area contributed by atoms with Crippen molar-refractivity contribution >= 4 is 11.6 Å². The highest BCUT2D eigenvalue weighted by Gasteiger charge is 2.24. The summed E-state index contributed by atoms with van der Waals surface area (Å²) in [6.07, 6.45) is 4.76. The molecule has 20 heavy (non-hydrogen) atoms. The van der Waals surface area contributed by atoms with Crippen molar-refractivity contribution in [3.05, 3.63) is 11.9 Å². The predicted octanol–water partition coefficient (Wildman–Crippen LogP) is 1.34. The normalized spacial score (nSPS) is 15.7. The van der Waals surface area contributed by atoms with Gasteiger partial charge in [0.15, 0.2) is 5.82 Å². The molecule has 1 saturated carbocycles. The topological polar surface area (TPSA) is 84.5 Å². The molecule has 3 N–H and O–H groups in total. The highest BCUT2D eigenvalue weighted by molar-refractivity contribution is 5.48. The van der Waals surface area contributed by atoms with E-state index in [-0.39, 0.29) is 6.61 Å². The number of aromatic nitrogens is 2. The first-order valence-electron chi connectivity index (χ1n) is 7.33. The highest BCUT2D eigenvalue weighted by Crippen LogP contribution is 2.27. The summed E-state index contributed by atoms with van der Waals surface area (Å²) >= 11 is 0. The van der Waals surface area contributed by atoms with Crippen molar-refractivity contribution in [3.8, 4) is 0 Å². The number of nitrogen functional groups attached to an aromatic ring is 1. The summed E-state index contributed by atoms with van der Waals surface area (Å²) in [5.74, 6) is 1.85. The average molecular weight is 280 g/mol. The van der Waals surface area contributed by atoms with E-state index in [2.05, 4.69) is 14.9 Å². The third-order valence-electron chi connectivity index (χ3n) is 3.61. The summed E-state index contributed by atoms with van der Waals surface area (Å²) < 4.78 is 5.35. The minimum atomic E-state index is 0.112. The lowest BCUT2D eigenvalue weighted by atomic mass is 10.2. The van der Waals surface area contributed by atoms with Crippen molar-refractivity contribution in [1.29, 1.82) is 0 Å². The summed E-state index contributed by atoms with van der Waals surface area (Å²) in [5, 5.41) is 9.30. The third-order valence-corrected chi connectivity index (χ3v) is 3.61. The van der Waals surface area contributed by atoms with Crippen molar-refractivity contribution in [3.63, 3.8) is 0 Å². The zero-order chi connectivity index (χ0) is 14.4. The van der Waals surface area contributed by atoms with Gasteiger partial charge >= 0.3 is 0 Å². The van der Waals surface area contributed by atoms with Crippen molar-refractivity contribution in [2.24, 2.45) is 0 Å². The van der Waals surface area contributed by atoms with E-state index in [1.165, 1.54) is 12.8 Å². The fourth-order valence-electron chi connectivity index (χ4n) is 2.72. The highest BCUT2D eigenvalue weighted by atomic mass is 16.5. The minimum absolute atomic E-state index is 0.112. The molecule has 0 aromatic carbocycles. The number of aliphatic hydroxyl groups is 1. The second kappa shape index (κ2) is 7.40. The quantitative estimate of drug-likeness (QED) is 0.784. The zero-order valence-electron chi connectivity index (χ0n) is 12.1. The average Bonchev–Trinajstić information content (AvgIpc) is 2.95. The predicted molar refractivity (Wildman–Crippen MR) is 78.5 cm³/mol. The molecule has 0 atom stereocenters. The monoisotopic (exact) mass is 280 g/mol. The van der Waals surface area contributed by atoms with Crippen LogP contribution in [0.15, 0.2) is 6.07 Å². The van der Waals surface area contributed by atoms with Gasteiger partial charge in [-0.15, -0.1) is 0 Å². The summed E-state index contributed by atoms with van der Waals surface area (Å²) in [6.45, 7) is 3.61. The number of anilines is 2. The van der Waals surface area contributed by atoms with E-state index in [1.807, 2.05) is 6.92 Å². The first kappa shape index (κ1) is 15.0. The van der Waals surface area contributed by atoms with Crippen LogP contribution in [0.1, 0.15) is 38.4 Å². The van der Waals surface area contributed by atoms with Crippen molar-refractivity contribution < 1.29 is 9.84 Å². The largest absolute Gasteiger partial charge is 0.395 e. The molecule has 1 fully saturated rings. The van der Waals surface area contributed by atoms with Crippen molar-refractivity contribution in [1.82, 2.24) is 9.97 Å². The van der Waals surface area contributed by atoms with Crippen LogP contribution in [0, 0.1) is 0 Å². The maximum atomic E-state index is 9.30. The molecule has 112 valence electrons. The van der Waals surface area contributed by atoms with Crippen LogP contribution in [0.5, 0.6) is 0 Å². The van der Waals surface area contributed by atoms with Crippen molar-refractivity contribution in [2.45, 2.75) is 45.3 Å². The lowest BCUT2D eigenvalue weighted by Gasteiger charge is -2.29. The molecular weight excluding hydrogens is 256 g/mol. The molecule has 0 saturated heterocycles. The van der Waals surface area contributed by atoms with Crippen LogP contribution < -0.4 is 10.6 Å². The molecule has 6 nitrogen and oxygen atoms in total. The smallest absolute Gasteiger partial charge is 0.158 e. The lowest BCUT2D eigenvalue weighted by Crippen LogP contribution is -2.36. The number of rotatable bonds is 7. The van der Waals surface area contributed by atoms with Gasteiger partial charge in [-0.25, -0.2) is 9.97 Å². The molecule has 1 aliphatic carbocycles. The Morgan fingerprint density at radius 3 is 2.80 bits per heavy atom. The second-order valence-corrected chi connectivity index (χ2v) is 5.06. The molecule has 0 aliphatic heterocycles. The molecule has 0 unspecified atom stereocenters. The molecule has 2 rings (SSSR count). The van der Waals surface area contributed by atoms with Gasteiger partial charge < -0.3 is 20.5 Å². The van der Waals surface area contributed by atoms with Gasteiger partial charge in [0.1, 0.15) is 18.2 Å². The van der Waals surface area contributed by atoms with Gasteiger partial charge in [-0.05, 0) is 19.8 Å². The van der Waals surface area contributed by atoms with Crippen LogP contribution in [-0.4, -0.2) is 40.9 Å². The van der Waals surface area contributed by atoms with Gasteiger partial charge in [-0.2, -0.15) is 0 Å². The summed E-state index contributed by atoms with van der Waals surface area (Å²) in [6, 6.07) is 2.22. The Labute approximate surface area is 120 Å². The third kappa shape index (κ3) is 3.80. The first-order chi connectivity index (χ1) is 9.74. The molecule has 1 heterocycles. The number of nitrogens with zero attached hydrogens (tertiary/aromatic N) is 3. The second-order valence-electron chi connectivity index (χ2n) is 5.06. The number of hydrogen-bond acceptors (Lipinski definition) is 6. The van der Waals surface area contributed by atoms with Gasteiger partial charge in [0, 0.05) is 25.3 Å². The Morgan fingerprint density at radius 2 is 2.15 bits per heavy atom. The SMILES string of the molecule is CCOCc1nc(N)cc(N(CCO)C2CCCC2)n1. The Morgan fingerprint density at radius 1 is 1.40 bits per heavy atom. The van der Waals surface area contributed by atoms with Gasteiger partial charge in [-0.1, -0.05) is 12.8 Å². The van der Waals surface area contributed by atoms with E-state index in [1.54, 1.807) is 6.07 Å². The van der Waals surface area contributed by atoms with Gasteiger partial charge in [0.05, 0.1) is 6.61 Å². The van der Waals surface area contributed by atoms with Crippen LogP contribution in [0.25, 0.3) is 0 Å². The van der Waals surface area contributed by atoms with E-state index in [0.29, 0.717) is 37.4 Å². The molecule has 1 aromatic heterocycles. The van der Waals surface area contributed by atoms with Crippen LogP contribution in [0.4, 0.5) is 11.6 Å². The summed E-state index contributed by atoms with van der Waals surface area (Å²) in [4.78, 5) is 10.9. The number of hydrogen-bond donors (Lipinski definition) is 2. The van der Waals surface area contributed by atoms with E-state index in [9.17, 15) is 5.11 Å². The fourth-order valence-corrected chi connectivity index (χ4v) is 2.72. The van der Waals surface area contributed by atoms with Crippen LogP contribution in [0.2, 0.25) is 0 Å². The molecule has 0 spiro atoms. The maximum absolute atomic E-state index is 9.30. The first-order valence-corrected chi connectivity index (χ1v) is 7.33. The number of aliphatic hydroxyl groups excluding tert-OH is 1. The van der Waals surface area contributed by atoms with Gasteiger partial charge in [0.25, 0.3) is 0 Å². The van der Waals surface area contributed by atoms with Gasteiger partial charge in [-0.3, -0.25) is 0 Å². The van der Waals surface area contributed by atoms with Gasteiger partial charge in [0.2, 0.25) is 0 Å². The van der Waals surface area contributed by atoms with E-state index in [0.717, 1.165) is 18.7 Å². The van der Waals surface area contributed by atoms with E-state index < -0.39 is 0 Å². The molecule has 0 radical (unpaired) electrons. The fraction of sp³-hybridized carbons (Fsp3) is 0.714. The minimum Gasteiger partial charge on any atom is -0.395 e. The molecule has 0 bridgehead atoms.